The van der Waals surface area contributed by atoms with Gasteiger partial charge in [0.15, 0.2) is 0 Å². The van der Waals surface area contributed by atoms with Gasteiger partial charge in [-0.1, -0.05) is 0 Å². The second kappa shape index (κ2) is 7.00. The largest absolute Gasteiger partial charge is 0.337 e. The van der Waals surface area contributed by atoms with Crippen molar-refractivity contribution in [3.8, 4) is 5.69 Å². The van der Waals surface area contributed by atoms with E-state index in [0.717, 1.165) is 48.6 Å². The first-order chi connectivity index (χ1) is 11.9. The number of hydrogen-bond acceptors (Lipinski definition) is 2. The van der Waals surface area contributed by atoms with E-state index < -0.39 is 0 Å². The number of amides is 1. The summed E-state index contributed by atoms with van der Waals surface area (Å²) in [6, 6.07) is 8.74. The standard InChI is InChI=1S/C20H26FN3O/c1-14-12-19(15(2)24(14)17-9-7-16(21)8-10-17)20(25)23-11-5-6-18(13-23)22(3)4/h7-10,12,18H,5-6,11,13H2,1-4H3. The molecule has 0 saturated carbocycles. The Morgan fingerprint density at radius 3 is 2.52 bits per heavy atom. The molecular formula is C20H26FN3O. The van der Waals surface area contributed by atoms with Gasteiger partial charge in [0.1, 0.15) is 5.82 Å². The molecule has 5 heteroatoms. The summed E-state index contributed by atoms with van der Waals surface area (Å²) in [5.41, 5.74) is 3.50. The zero-order valence-corrected chi connectivity index (χ0v) is 15.4. The van der Waals surface area contributed by atoms with Crippen molar-refractivity contribution in [2.24, 2.45) is 0 Å². The minimum atomic E-state index is -0.259. The van der Waals surface area contributed by atoms with Crippen molar-refractivity contribution >= 4 is 5.91 Å². The second-order valence-electron chi connectivity index (χ2n) is 7.11. The zero-order valence-electron chi connectivity index (χ0n) is 15.4. The van der Waals surface area contributed by atoms with Crippen molar-refractivity contribution < 1.29 is 9.18 Å². The number of carbonyl (C=O) groups excluding carboxylic acids is 1. The molecule has 0 bridgehead atoms. The topological polar surface area (TPSA) is 28.5 Å². The van der Waals surface area contributed by atoms with Crippen LogP contribution in [0.15, 0.2) is 30.3 Å². The van der Waals surface area contributed by atoms with E-state index in [1.807, 2.05) is 29.4 Å². The molecular weight excluding hydrogens is 317 g/mol. The summed E-state index contributed by atoms with van der Waals surface area (Å²) in [5, 5.41) is 0. The number of hydrogen-bond donors (Lipinski definition) is 0. The van der Waals surface area contributed by atoms with Crippen LogP contribution in [0.1, 0.15) is 34.6 Å². The van der Waals surface area contributed by atoms with E-state index in [2.05, 4.69) is 19.0 Å². The van der Waals surface area contributed by atoms with Crippen LogP contribution in [-0.2, 0) is 0 Å². The highest BCUT2D eigenvalue weighted by molar-refractivity contribution is 5.96. The van der Waals surface area contributed by atoms with Crippen LogP contribution in [-0.4, -0.2) is 53.5 Å². The van der Waals surface area contributed by atoms with Gasteiger partial charge in [-0.25, -0.2) is 4.39 Å². The fraction of sp³-hybridized carbons (Fsp3) is 0.450. The van der Waals surface area contributed by atoms with Gasteiger partial charge < -0.3 is 14.4 Å². The third-order valence-corrected chi connectivity index (χ3v) is 5.16. The van der Waals surface area contributed by atoms with Gasteiger partial charge in [-0.05, 0) is 71.1 Å². The van der Waals surface area contributed by atoms with Crippen LogP contribution in [0.5, 0.6) is 0 Å². The minimum absolute atomic E-state index is 0.0908. The molecule has 3 rings (SSSR count). The average Bonchev–Trinajstić information content (AvgIpc) is 2.90. The van der Waals surface area contributed by atoms with Gasteiger partial charge in [-0.3, -0.25) is 4.79 Å². The molecule has 0 radical (unpaired) electrons. The van der Waals surface area contributed by atoms with Crippen molar-refractivity contribution in [1.29, 1.82) is 0 Å². The van der Waals surface area contributed by atoms with Gasteiger partial charge in [-0.15, -0.1) is 0 Å². The van der Waals surface area contributed by atoms with Crippen LogP contribution in [0.2, 0.25) is 0 Å². The van der Waals surface area contributed by atoms with E-state index in [9.17, 15) is 9.18 Å². The lowest BCUT2D eigenvalue weighted by atomic mass is 10.0. The van der Waals surface area contributed by atoms with E-state index in [-0.39, 0.29) is 11.7 Å². The lowest BCUT2D eigenvalue weighted by Crippen LogP contribution is -2.47. The third-order valence-electron chi connectivity index (χ3n) is 5.16. The molecule has 1 amide bonds. The molecule has 4 nitrogen and oxygen atoms in total. The first-order valence-corrected chi connectivity index (χ1v) is 8.79. The minimum Gasteiger partial charge on any atom is -0.337 e. The fourth-order valence-electron chi connectivity index (χ4n) is 3.70. The predicted octanol–water partition coefficient (Wildman–Crippen LogP) is 3.40. The molecule has 2 aromatic rings. The molecule has 25 heavy (non-hydrogen) atoms. The average molecular weight is 343 g/mol. The summed E-state index contributed by atoms with van der Waals surface area (Å²) in [6.45, 7) is 5.51. The number of aryl methyl sites for hydroxylation is 1. The monoisotopic (exact) mass is 343 g/mol. The van der Waals surface area contributed by atoms with Crippen LogP contribution in [0.4, 0.5) is 4.39 Å². The number of likely N-dealkylation sites (tertiary alicyclic amines) is 1. The van der Waals surface area contributed by atoms with Gasteiger partial charge in [0.05, 0.1) is 5.56 Å². The molecule has 0 aliphatic carbocycles. The van der Waals surface area contributed by atoms with Gasteiger partial charge in [0.25, 0.3) is 5.91 Å². The number of halogens is 1. The Balaban J connectivity index is 1.89. The summed E-state index contributed by atoms with van der Waals surface area (Å²) in [7, 11) is 4.14. The number of nitrogens with zero attached hydrogens (tertiary/aromatic N) is 3. The summed E-state index contributed by atoms with van der Waals surface area (Å²) >= 11 is 0. The van der Waals surface area contributed by atoms with Crippen molar-refractivity contribution in [3.63, 3.8) is 0 Å². The highest BCUT2D eigenvalue weighted by Crippen LogP contribution is 2.24. The van der Waals surface area contributed by atoms with Crippen molar-refractivity contribution in [2.75, 3.05) is 27.2 Å². The molecule has 1 saturated heterocycles. The maximum absolute atomic E-state index is 13.2. The molecule has 134 valence electrons. The summed E-state index contributed by atoms with van der Waals surface area (Å²) < 4.78 is 15.2. The summed E-state index contributed by atoms with van der Waals surface area (Å²) in [4.78, 5) is 17.2. The predicted molar refractivity (Wildman–Crippen MR) is 97.8 cm³/mol. The molecule has 1 unspecified atom stereocenters. The van der Waals surface area contributed by atoms with E-state index in [0.29, 0.717) is 6.04 Å². The van der Waals surface area contributed by atoms with Crippen molar-refractivity contribution in [3.05, 3.63) is 53.1 Å². The molecule has 1 aliphatic heterocycles. The zero-order chi connectivity index (χ0) is 18.1. The van der Waals surface area contributed by atoms with E-state index in [4.69, 9.17) is 0 Å². The second-order valence-corrected chi connectivity index (χ2v) is 7.11. The fourth-order valence-corrected chi connectivity index (χ4v) is 3.70. The Hall–Kier alpha value is -2.14. The molecule has 1 aromatic heterocycles. The quantitative estimate of drug-likeness (QED) is 0.854. The molecule has 2 heterocycles. The number of carbonyl (C=O) groups is 1. The molecule has 0 spiro atoms. The maximum Gasteiger partial charge on any atom is 0.255 e. The molecule has 1 aromatic carbocycles. The highest BCUT2D eigenvalue weighted by Gasteiger charge is 2.27. The highest BCUT2D eigenvalue weighted by atomic mass is 19.1. The van der Waals surface area contributed by atoms with E-state index in [1.54, 1.807) is 12.1 Å². The number of benzene rings is 1. The lowest BCUT2D eigenvalue weighted by Gasteiger charge is -2.36. The Morgan fingerprint density at radius 2 is 1.88 bits per heavy atom. The van der Waals surface area contributed by atoms with Crippen LogP contribution in [0, 0.1) is 19.7 Å². The third kappa shape index (κ3) is 3.47. The van der Waals surface area contributed by atoms with Gasteiger partial charge >= 0.3 is 0 Å². The maximum atomic E-state index is 13.2. The van der Waals surface area contributed by atoms with Gasteiger partial charge in [0.2, 0.25) is 0 Å². The smallest absolute Gasteiger partial charge is 0.255 e. The number of rotatable bonds is 3. The first kappa shape index (κ1) is 17.7. The SMILES string of the molecule is Cc1cc(C(=O)N2CCCC(N(C)C)C2)c(C)n1-c1ccc(F)cc1. The molecule has 1 atom stereocenters. The summed E-state index contributed by atoms with van der Waals surface area (Å²) in [6.07, 6.45) is 2.16. The van der Waals surface area contributed by atoms with E-state index >= 15 is 0 Å². The molecule has 1 fully saturated rings. The van der Waals surface area contributed by atoms with Crippen LogP contribution in [0.3, 0.4) is 0 Å². The van der Waals surface area contributed by atoms with Gasteiger partial charge in [-0.2, -0.15) is 0 Å². The van der Waals surface area contributed by atoms with E-state index in [1.165, 1.54) is 12.1 Å². The van der Waals surface area contributed by atoms with Crippen molar-refractivity contribution in [1.82, 2.24) is 14.4 Å². The van der Waals surface area contributed by atoms with Crippen molar-refractivity contribution in [2.45, 2.75) is 32.7 Å². The first-order valence-electron chi connectivity index (χ1n) is 8.79. The summed E-state index contributed by atoms with van der Waals surface area (Å²) in [5.74, 6) is -0.168. The molecule has 0 N–H and O–H groups in total. The van der Waals surface area contributed by atoms with Crippen LogP contribution < -0.4 is 0 Å². The Labute approximate surface area is 148 Å². The Kier molecular flexibility index (Phi) is 4.95. The van der Waals surface area contributed by atoms with Crippen LogP contribution >= 0.6 is 0 Å². The van der Waals surface area contributed by atoms with Gasteiger partial charge in [0, 0.05) is 36.2 Å². The number of aromatic nitrogens is 1. The number of likely N-dealkylation sites (N-methyl/N-ethyl adjacent to an activating group) is 1. The number of piperidine rings is 1. The van der Waals surface area contributed by atoms with Crippen LogP contribution in [0.25, 0.3) is 5.69 Å². The lowest BCUT2D eigenvalue weighted by molar-refractivity contribution is 0.0634. The molecule has 1 aliphatic rings. The Bertz CT molecular complexity index is 764. The Morgan fingerprint density at radius 1 is 1.20 bits per heavy atom. The normalized spacial score (nSPS) is 18.0.